The summed E-state index contributed by atoms with van der Waals surface area (Å²) >= 11 is 0. The molecule has 3 amide bonds. The van der Waals surface area contributed by atoms with Crippen LogP contribution in [0.1, 0.15) is 113 Å². The fraction of sp³-hybridized carbons (Fsp3) is 0.460. The first kappa shape index (κ1) is 37.8. The minimum absolute atomic E-state index is 0.0265. The third kappa shape index (κ3) is 6.31. The molecule has 7 aliphatic rings. The standard InChI is InChI=1S/C50H53FN4O5/c51-41-25-34(45-36(32-4-2-1-3-5-32)9-6-33-24-35(56)8-10-37(33)45)7-13-42(41)54-28-49(29-54)18-16-31(17-19-49)26-53-22-20-50(21-23-53)30-60-46-39-27-55(43-14-15-44(57)52-47(43)58)48(59)38(39)11-12-40(46)50/h1-5,7-8,10-13,24-25,31,36,43,45,56H,6,9,14-23,26-30H2,(H,52,57,58)/t36-,43-,45+/m0/s1. The van der Waals surface area contributed by atoms with Crippen LogP contribution in [0.3, 0.4) is 0 Å². The van der Waals surface area contributed by atoms with Gasteiger partial charge in [0.1, 0.15) is 23.4 Å². The molecule has 9 nitrogen and oxygen atoms in total. The molecule has 2 aliphatic carbocycles. The number of amides is 3. The van der Waals surface area contributed by atoms with E-state index < -0.39 is 11.9 Å². The van der Waals surface area contributed by atoms with Crippen molar-refractivity contribution >= 4 is 23.4 Å². The Morgan fingerprint density at radius 3 is 2.40 bits per heavy atom. The van der Waals surface area contributed by atoms with Crippen LogP contribution in [0.4, 0.5) is 10.1 Å². The second kappa shape index (κ2) is 14.5. The van der Waals surface area contributed by atoms with Crippen molar-refractivity contribution in [2.24, 2.45) is 11.3 Å². The molecule has 310 valence electrons. The molecule has 0 aromatic heterocycles. The smallest absolute Gasteiger partial charge is 0.255 e. The molecular formula is C50H53FN4O5. The van der Waals surface area contributed by atoms with E-state index in [2.05, 4.69) is 51.5 Å². The lowest BCUT2D eigenvalue weighted by Crippen LogP contribution is -2.58. The number of phenolic OH excluding ortho intramolecular Hbond substituents is 1. The quantitative estimate of drug-likeness (QED) is 0.194. The average Bonchev–Trinajstić information content (AvgIpc) is 3.78. The first-order valence-corrected chi connectivity index (χ1v) is 22.2. The van der Waals surface area contributed by atoms with Crippen molar-refractivity contribution in [1.82, 2.24) is 15.1 Å². The first-order chi connectivity index (χ1) is 29.2. The van der Waals surface area contributed by atoms with Gasteiger partial charge in [0, 0.05) is 59.5 Å². The fourth-order valence-corrected chi connectivity index (χ4v) is 12.4. The Morgan fingerprint density at radius 1 is 0.833 bits per heavy atom. The van der Waals surface area contributed by atoms with Crippen LogP contribution in [0.15, 0.2) is 78.9 Å². The molecule has 4 fully saturated rings. The summed E-state index contributed by atoms with van der Waals surface area (Å²) in [7, 11) is 0. The van der Waals surface area contributed by atoms with Crippen molar-refractivity contribution in [1.29, 1.82) is 0 Å². The zero-order valence-electron chi connectivity index (χ0n) is 34.1. The Morgan fingerprint density at radius 2 is 1.63 bits per heavy atom. The highest BCUT2D eigenvalue weighted by Gasteiger charge is 2.49. The number of aromatic hydroxyl groups is 1. The van der Waals surface area contributed by atoms with E-state index >= 15 is 4.39 Å². The van der Waals surface area contributed by atoms with E-state index in [-0.39, 0.29) is 52.5 Å². The van der Waals surface area contributed by atoms with Crippen LogP contribution in [0.25, 0.3) is 0 Å². The van der Waals surface area contributed by atoms with Gasteiger partial charge in [-0.15, -0.1) is 0 Å². The Hall–Kier alpha value is -5.22. The molecule has 1 saturated carbocycles. The lowest BCUT2D eigenvalue weighted by Gasteiger charge is -2.55. The van der Waals surface area contributed by atoms with Gasteiger partial charge >= 0.3 is 0 Å². The molecule has 4 aromatic carbocycles. The Balaban J connectivity index is 0.695. The fourth-order valence-electron chi connectivity index (χ4n) is 12.4. The molecule has 3 atom stereocenters. The number of piperidine rings is 2. The largest absolute Gasteiger partial charge is 0.508 e. The number of likely N-dealkylation sites (tertiary alicyclic amines) is 1. The maximum absolute atomic E-state index is 16.2. The number of carbonyl (C=O) groups is 3. The molecule has 11 rings (SSSR count). The number of aryl methyl sites for hydroxylation is 1. The summed E-state index contributed by atoms with van der Waals surface area (Å²) < 4.78 is 22.6. The Labute approximate surface area is 350 Å². The SMILES string of the molecule is O=C1CC[C@H](N2Cc3c(ccc4c3OCC43CCN(CC4CCC5(CC4)CN(c4ccc([C@H]6c7ccc(O)cc7CC[C@H]6c6ccccc6)cc4F)C5)CC3)C2=O)C(=O)N1. The number of fused-ring (bicyclic) bond motifs is 5. The molecular weight excluding hydrogens is 756 g/mol. The first-order valence-electron chi connectivity index (χ1n) is 22.2. The van der Waals surface area contributed by atoms with E-state index in [1.54, 1.807) is 17.0 Å². The number of nitrogens with zero attached hydrogens (tertiary/aromatic N) is 3. The molecule has 0 radical (unpaired) electrons. The predicted octanol–water partition coefficient (Wildman–Crippen LogP) is 7.58. The van der Waals surface area contributed by atoms with E-state index in [1.165, 1.54) is 42.4 Å². The molecule has 5 aliphatic heterocycles. The number of hydrogen-bond donors (Lipinski definition) is 2. The van der Waals surface area contributed by atoms with Gasteiger partial charge in [-0.05, 0) is 135 Å². The van der Waals surface area contributed by atoms with Crippen LogP contribution in [0.5, 0.6) is 11.5 Å². The molecule has 60 heavy (non-hydrogen) atoms. The summed E-state index contributed by atoms with van der Waals surface area (Å²) in [5.41, 5.74) is 8.25. The van der Waals surface area contributed by atoms with E-state index in [4.69, 9.17) is 4.74 Å². The molecule has 3 saturated heterocycles. The minimum atomic E-state index is -0.631. The summed E-state index contributed by atoms with van der Waals surface area (Å²) in [6.45, 7) is 5.96. The topological polar surface area (TPSA) is 102 Å². The minimum Gasteiger partial charge on any atom is -0.508 e. The molecule has 4 aromatic rings. The Bertz CT molecular complexity index is 2380. The van der Waals surface area contributed by atoms with Crippen molar-refractivity contribution in [2.75, 3.05) is 44.2 Å². The molecule has 2 spiro atoms. The van der Waals surface area contributed by atoms with Gasteiger partial charge in [0.05, 0.1) is 18.8 Å². The van der Waals surface area contributed by atoms with Crippen molar-refractivity contribution in [3.05, 3.63) is 124 Å². The Kier molecular flexibility index (Phi) is 9.10. The van der Waals surface area contributed by atoms with Gasteiger partial charge in [-0.2, -0.15) is 0 Å². The zero-order chi connectivity index (χ0) is 40.8. The van der Waals surface area contributed by atoms with E-state index in [1.807, 2.05) is 30.3 Å². The van der Waals surface area contributed by atoms with Crippen molar-refractivity contribution in [3.63, 3.8) is 0 Å². The number of halogens is 1. The van der Waals surface area contributed by atoms with Gasteiger partial charge in [-0.1, -0.05) is 48.5 Å². The van der Waals surface area contributed by atoms with E-state index in [9.17, 15) is 19.5 Å². The highest BCUT2D eigenvalue weighted by atomic mass is 19.1. The number of nitrogens with one attached hydrogen (secondary N) is 1. The summed E-state index contributed by atoms with van der Waals surface area (Å²) in [6.07, 6.45) is 9.28. The number of imide groups is 1. The van der Waals surface area contributed by atoms with Gasteiger partial charge < -0.3 is 24.5 Å². The van der Waals surface area contributed by atoms with Gasteiger partial charge in [0.15, 0.2) is 0 Å². The second-order valence-corrected chi connectivity index (χ2v) is 19.2. The van der Waals surface area contributed by atoms with E-state index in [0.717, 1.165) is 80.8 Å². The summed E-state index contributed by atoms with van der Waals surface area (Å²) in [6, 6.07) is 25.6. The van der Waals surface area contributed by atoms with Crippen LogP contribution in [0, 0.1) is 17.2 Å². The lowest BCUT2D eigenvalue weighted by atomic mass is 9.65. The number of anilines is 1. The van der Waals surface area contributed by atoms with E-state index in [0.29, 0.717) is 36.7 Å². The summed E-state index contributed by atoms with van der Waals surface area (Å²) in [5, 5.41) is 12.6. The monoisotopic (exact) mass is 808 g/mol. The van der Waals surface area contributed by atoms with Crippen LogP contribution in [-0.2, 0) is 28.0 Å². The second-order valence-electron chi connectivity index (χ2n) is 19.2. The number of ether oxygens (including phenoxy) is 1. The van der Waals surface area contributed by atoms with Crippen LogP contribution >= 0.6 is 0 Å². The van der Waals surface area contributed by atoms with Crippen molar-refractivity contribution in [3.8, 4) is 11.5 Å². The molecule has 10 heteroatoms. The number of benzene rings is 4. The normalized spacial score (nSPS) is 25.8. The predicted molar refractivity (Wildman–Crippen MR) is 226 cm³/mol. The summed E-state index contributed by atoms with van der Waals surface area (Å²) in [4.78, 5) is 44.3. The maximum Gasteiger partial charge on any atom is 0.255 e. The van der Waals surface area contributed by atoms with Crippen LogP contribution < -0.4 is 15.0 Å². The third-order valence-corrected chi connectivity index (χ3v) is 15.8. The molecule has 0 unspecified atom stereocenters. The van der Waals surface area contributed by atoms with Crippen molar-refractivity contribution < 1.29 is 28.6 Å². The molecule has 2 N–H and O–H groups in total. The number of rotatable bonds is 6. The number of carbonyl (C=O) groups excluding carboxylic acids is 3. The maximum atomic E-state index is 16.2. The highest BCUT2D eigenvalue weighted by Crippen LogP contribution is 2.52. The van der Waals surface area contributed by atoms with Gasteiger partial charge in [-0.3, -0.25) is 19.7 Å². The zero-order valence-corrected chi connectivity index (χ0v) is 34.1. The number of phenols is 1. The molecule has 5 heterocycles. The average molecular weight is 809 g/mol. The van der Waals surface area contributed by atoms with Crippen LogP contribution in [-0.4, -0.2) is 78.0 Å². The van der Waals surface area contributed by atoms with Gasteiger partial charge in [0.25, 0.3) is 5.91 Å². The van der Waals surface area contributed by atoms with Crippen molar-refractivity contribution in [2.45, 2.75) is 94.0 Å². The van der Waals surface area contributed by atoms with Gasteiger partial charge in [0.2, 0.25) is 11.8 Å². The molecule has 0 bridgehead atoms. The lowest BCUT2D eigenvalue weighted by molar-refractivity contribution is -0.136. The van der Waals surface area contributed by atoms with Gasteiger partial charge in [-0.25, -0.2) is 4.39 Å². The number of hydrogen-bond acceptors (Lipinski definition) is 7. The highest BCUT2D eigenvalue weighted by molar-refractivity contribution is 6.05. The summed E-state index contributed by atoms with van der Waals surface area (Å²) in [5.74, 6) is 1.09. The van der Waals surface area contributed by atoms with Crippen LogP contribution in [0.2, 0.25) is 0 Å². The third-order valence-electron chi connectivity index (χ3n) is 15.8.